The van der Waals surface area contributed by atoms with Crippen LogP contribution in [0.15, 0.2) is 46.9 Å². The smallest absolute Gasteiger partial charge is 0.319 e. The van der Waals surface area contributed by atoms with Crippen LogP contribution in [0.1, 0.15) is 17.5 Å². The first-order valence-corrected chi connectivity index (χ1v) is 8.92. The lowest BCUT2D eigenvalue weighted by atomic mass is 10.2. The number of hydrogen-bond donors (Lipinski definition) is 2. The highest BCUT2D eigenvalue weighted by atomic mass is 79.9. The predicted octanol–water partition coefficient (Wildman–Crippen LogP) is 3.99. The predicted molar refractivity (Wildman–Crippen MR) is 103 cm³/mol. The van der Waals surface area contributed by atoms with Crippen molar-refractivity contribution >= 4 is 39.2 Å². The summed E-state index contributed by atoms with van der Waals surface area (Å²) in [7, 11) is 0. The van der Waals surface area contributed by atoms with E-state index in [2.05, 4.69) is 26.6 Å². The van der Waals surface area contributed by atoms with Crippen molar-refractivity contribution in [2.24, 2.45) is 0 Å². The summed E-state index contributed by atoms with van der Waals surface area (Å²) in [6.45, 7) is 4.42. The van der Waals surface area contributed by atoms with Crippen LogP contribution >= 0.6 is 15.9 Å². The van der Waals surface area contributed by atoms with E-state index in [0.29, 0.717) is 13.0 Å². The first kappa shape index (κ1) is 17.5. The van der Waals surface area contributed by atoms with E-state index in [1.165, 1.54) is 0 Å². The highest BCUT2D eigenvalue weighted by Crippen LogP contribution is 2.23. The number of hydrogen-bond acceptors (Lipinski definition) is 2. The lowest BCUT2D eigenvalue weighted by molar-refractivity contribution is -0.117. The average Bonchev–Trinajstić information content (AvgIpc) is 2.91. The molecule has 0 radical (unpaired) electrons. The number of anilines is 2. The summed E-state index contributed by atoms with van der Waals surface area (Å²) in [6, 6.07) is 13.0. The molecule has 0 saturated carbocycles. The minimum Gasteiger partial charge on any atom is -0.333 e. The molecule has 1 fully saturated rings. The van der Waals surface area contributed by atoms with Gasteiger partial charge in [0.2, 0.25) is 5.91 Å². The number of amides is 3. The normalized spacial score (nSPS) is 16.8. The number of halogens is 1. The van der Waals surface area contributed by atoms with E-state index in [0.717, 1.165) is 27.0 Å². The van der Waals surface area contributed by atoms with Crippen LogP contribution in [0.4, 0.5) is 16.2 Å². The van der Waals surface area contributed by atoms with Crippen LogP contribution in [-0.2, 0) is 4.79 Å². The Hall–Kier alpha value is -2.34. The highest BCUT2D eigenvalue weighted by molar-refractivity contribution is 9.10. The van der Waals surface area contributed by atoms with Gasteiger partial charge in [0, 0.05) is 28.8 Å². The molecular weight excluding hydrogens is 382 g/mol. The van der Waals surface area contributed by atoms with Crippen molar-refractivity contribution in [2.75, 3.05) is 16.8 Å². The van der Waals surface area contributed by atoms with Crippen LogP contribution in [0.5, 0.6) is 0 Å². The Morgan fingerprint density at radius 1 is 1.16 bits per heavy atom. The maximum atomic E-state index is 12.3. The minimum atomic E-state index is -0.297. The summed E-state index contributed by atoms with van der Waals surface area (Å²) in [5.74, 6) is 0.0222. The van der Waals surface area contributed by atoms with Crippen LogP contribution in [-0.4, -0.2) is 24.5 Å². The summed E-state index contributed by atoms with van der Waals surface area (Å²) in [4.78, 5) is 26.2. The topological polar surface area (TPSA) is 61.4 Å². The Kier molecular flexibility index (Phi) is 5.08. The Labute approximate surface area is 155 Å². The molecule has 2 aromatic carbocycles. The second kappa shape index (κ2) is 7.27. The van der Waals surface area contributed by atoms with E-state index in [1.54, 1.807) is 4.90 Å². The summed E-state index contributed by atoms with van der Waals surface area (Å²) >= 11 is 3.40. The highest BCUT2D eigenvalue weighted by Gasteiger charge is 2.31. The Morgan fingerprint density at radius 2 is 1.88 bits per heavy atom. The van der Waals surface area contributed by atoms with Gasteiger partial charge >= 0.3 is 6.03 Å². The SMILES string of the molecule is Cc1ccc(N2CC(NC(=O)Nc3ccc(Br)cc3C)CC2=O)cc1. The molecule has 6 heteroatoms. The molecular formula is C19H20BrN3O2. The molecule has 0 aromatic heterocycles. The van der Waals surface area contributed by atoms with Crippen LogP contribution in [0.3, 0.4) is 0 Å². The van der Waals surface area contributed by atoms with Gasteiger partial charge in [0.25, 0.3) is 0 Å². The summed E-state index contributed by atoms with van der Waals surface area (Å²) in [5, 5.41) is 5.73. The molecule has 1 atom stereocenters. The van der Waals surface area contributed by atoms with Crippen molar-refractivity contribution in [3.63, 3.8) is 0 Å². The monoisotopic (exact) mass is 401 g/mol. The van der Waals surface area contributed by atoms with Gasteiger partial charge in [-0.25, -0.2) is 4.79 Å². The third kappa shape index (κ3) is 4.20. The average molecular weight is 402 g/mol. The number of rotatable bonds is 3. The number of nitrogens with zero attached hydrogens (tertiary/aromatic N) is 1. The Bertz CT molecular complexity index is 805. The lowest BCUT2D eigenvalue weighted by Gasteiger charge is -2.18. The summed E-state index contributed by atoms with van der Waals surface area (Å²) in [5.41, 5.74) is 3.73. The Morgan fingerprint density at radius 3 is 2.56 bits per heavy atom. The van der Waals surface area contributed by atoms with Gasteiger partial charge in [0.05, 0.1) is 6.04 Å². The van der Waals surface area contributed by atoms with E-state index in [1.807, 2.05) is 56.3 Å². The molecule has 1 saturated heterocycles. The molecule has 25 heavy (non-hydrogen) atoms. The number of nitrogens with one attached hydrogen (secondary N) is 2. The van der Waals surface area contributed by atoms with E-state index in [9.17, 15) is 9.59 Å². The third-order valence-corrected chi connectivity index (χ3v) is 4.74. The lowest BCUT2D eigenvalue weighted by Crippen LogP contribution is -2.39. The van der Waals surface area contributed by atoms with Gasteiger partial charge in [0.15, 0.2) is 0 Å². The van der Waals surface area contributed by atoms with Gasteiger partial charge in [-0.3, -0.25) is 4.79 Å². The molecule has 0 aliphatic carbocycles. The van der Waals surface area contributed by atoms with Crippen LogP contribution < -0.4 is 15.5 Å². The zero-order chi connectivity index (χ0) is 18.0. The zero-order valence-corrected chi connectivity index (χ0v) is 15.8. The second-order valence-electron chi connectivity index (χ2n) is 6.30. The van der Waals surface area contributed by atoms with Crippen molar-refractivity contribution in [3.8, 4) is 0 Å². The standard InChI is InChI=1S/C19H20BrN3O2/c1-12-3-6-16(7-4-12)23-11-15(10-18(23)24)21-19(25)22-17-8-5-14(20)9-13(17)2/h3-9,15H,10-11H2,1-2H3,(H2,21,22,25). The largest absolute Gasteiger partial charge is 0.333 e. The van der Waals surface area contributed by atoms with Crippen molar-refractivity contribution in [3.05, 3.63) is 58.1 Å². The second-order valence-corrected chi connectivity index (χ2v) is 7.21. The van der Waals surface area contributed by atoms with E-state index in [-0.39, 0.29) is 18.0 Å². The molecule has 0 spiro atoms. The quantitative estimate of drug-likeness (QED) is 0.816. The van der Waals surface area contributed by atoms with E-state index < -0.39 is 0 Å². The number of aryl methyl sites for hydroxylation is 2. The maximum absolute atomic E-state index is 12.3. The Balaban J connectivity index is 1.61. The van der Waals surface area contributed by atoms with Crippen molar-refractivity contribution in [2.45, 2.75) is 26.3 Å². The maximum Gasteiger partial charge on any atom is 0.319 e. The van der Waals surface area contributed by atoms with Gasteiger partial charge in [-0.1, -0.05) is 33.6 Å². The van der Waals surface area contributed by atoms with Crippen molar-refractivity contribution in [1.29, 1.82) is 0 Å². The van der Waals surface area contributed by atoms with Crippen molar-refractivity contribution in [1.82, 2.24) is 5.32 Å². The molecule has 2 aromatic rings. The van der Waals surface area contributed by atoms with Gasteiger partial charge in [-0.15, -0.1) is 0 Å². The summed E-state index contributed by atoms with van der Waals surface area (Å²) < 4.78 is 0.964. The first-order valence-electron chi connectivity index (χ1n) is 8.13. The van der Waals surface area contributed by atoms with Gasteiger partial charge in [-0.05, 0) is 49.7 Å². The van der Waals surface area contributed by atoms with E-state index >= 15 is 0 Å². The fourth-order valence-corrected chi connectivity index (χ4v) is 3.37. The number of carbonyl (C=O) groups excluding carboxylic acids is 2. The first-order chi connectivity index (χ1) is 11.9. The van der Waals surface area contributed by atoms with Crippen molar-refractivity contribution < 1.29 is 9.59 Å². The summed E-state index contributed by atoms with van der Waals surface area (Å²) in [6.07, 6.45) is 0.306. The molecule has 1 aliphatic rings. The minimum absolute atomic E-state index is 0.0222. The van der Waals surface area contributed by atoms with Crippen LogP contribution in [0, 0.1) is 13.8 Å². The molecule has 5 nitrogen and oxygen atoms in total. The van der Waals surface area contributed by atoms with Gasteiger partial charge in [0.1, 0.15) is 0 Å². The molecule has 130 valence electrons. The molecule has 1 aliphatic heterocycles. The number of benzene rings is 2. The van der Waals surface area contributed by atoms with Crippen LogP contribution in [0.2, 0.25) is 0 Å². The molecule has 2 N–H and O–H groups in total. The molecule has 0 bridgehead atoms. The van der Waals surface area contributed by atoms with Gasteiger partial charge < -0.3 is 15.5 Å². The molecule has 1 unspecified atom stereocenters. The van der Waals surface area contributed by atoms with E-state index in [4.69, 9.17) is 0 Å². The molecule has 1 heterocycles. The molecule has 3 rings (SSSR count). The fraction of sp³-hybridized carbons (Fsp3) is 0.263. The van der Waals surface area contributed by atoms with Gasteiger partial charge in [-0.2, -0.15) is 0 Å². The zero-order valence-electron chi connectivity index (χ0n) is 14.2. The molecule has 3 amide bonds. The third-order valence-electron chi connectivity index (χ3n) is 4.24. The fourth-order valence-electron chi connectivity index (χ4n) is 2.89. The van der Waals surface area contributed by atoms with Crippen LogP contribution in [0.25, 0.3) is 0 Å². The number of carbonyl (C=O) groups is 2. The number of urea groups is 1.